The molecule has 0 saturated heterocycles. The van der Waals surface area contributed by atoms with Crippen LogP contribution in [0.1, 0.15) is 48.2 Å². The van der Waals surface area contributed by atoms with Gasteiger partial charge < -0.3 is 9.26 Å². The van der Waals surface area contributed by atoms with Crippen LogP contribution >= 0.6 is 11.6 Å². The van der Waals surface area contributed by atoms with Crippen molar-refractivity contribution < 1.29 is 14.1 Å². The van der Waals surface area contributed by atoms with Gasteiger partial charge in [-0.3, -0.25) is 4.79 Å². The molecule has 2 aromatic rings. The van der Waals surface area contributed by atoms with Crippen LogP contribution < -0.4 is 4.74 Å². The lowest BCUT2D eigenvalue weighted by Crippen LogP contribution is -2.20. The number of hydrogen-bond acceptors (Lipinski definition) is 6. The van der Waals surface area contributed by atoms with Crippen LogP contribution in [-0.2, 0) is 0 Å². The summed E-state index contributed by atoms with van der Waals surface area (Å²) in [6.45, 7) is 1.65. The Labute approximate surface area is 132 Å². The molecule has 3 rings (SSSR count). The smallest absolute Gasteiger partial charge is 0.258 e. The quantitative estimate of drug-likeness (QED) is 0.802. The van der Waals surface area contributed by atoms with Gasteiger partial charge in [0.2, 0.25) is 5.88 Å². The Morgan fingerprint density at radius 1 is 1.27 bits per heavy atom. The van der Waals surface area contributed by atoms with Gasteiger partial charge in [0.25, 0.3) is 5.24 Å². The van der Waals surface area contributed by atoms with Gasteiger partial charge in [0.05, 0.1) is 18.1 Å². The molecular formula is C15H16ClN3O3. The maximum absolute atomic E-state index is 11.4. The second-order valence-corrected chi connectivity index (χ2v) is 5.71. The predicted molar refractivity (Wildman–Crippen MR) is 80.0 cm³/mol. The highest BCUT2D eigenvalue weighted by molar-refractivity contribution is 6.68. The highest BCUT2D eigenvalue weighted by Gasteiger charge is 2.22. The first-order valence-corrected chi connectivity index (χ1v) is 7.68. The summed E-state index contributed by atoms with van der Waals surface area (Å²) in [7, 11) is 0. The highest BCUT2D eigenvalue weighted by atomic mass is 35.5. The first-order valence-electron chi connectivity index (χ1n) is 7.30. The molecule has 0 atom stereocenters. The molecule has 7 heteroatoms. The molecule has 1 aliphatic rings. The average Bonchev–Trinajstić information content (AvgIpc) is 2.91. The Bertz CT molecular complexity index is 663. The summed E-state index contributed by atoms with van der Waals surface area (Å²) in [6, 6.07) is 0. The number of halogens is 1. The van der Waals surface area contributed by atoms with Crippen molar-refractivity contribution in [1.29, 1.82) is 0 Å². The Morgan fingerprint density at radius 3 is 2.68 bits per heavy atom. The second kappa shape index (κ2) is 6.44. The van der Waals surface area contributed by atoms with Crippen molar-refractivity contribution in [3.63, 3.8) is 0 Å². The van der Waals surface area contributed by atoms with Crippen molar-refractivity contribution in [2.24, 2.45) is 0 Å². The SMILES string of the molecule is Cc1noc(-c2cnc(OC3CCCCC3)cn2)c1C(=O)Cl. The van der Waals surface area contributed by atoms with Crippen molar-refractivity contribution in [3.8, 4) is 17.3 Å². The number of ether oxygens (including phenoxy) is 1. The summed E-state index contributed by atoms with van der Waals surface area (Å²) < 4.78 is 11.0. The summed E-state index contributed by atoms with van der Waals surface area (Å²) >= 11 is 5.55. The molecule has 0 aliphatic heterocycles. The fraction of sp³-hybridized carbons (Fsp3) is 0.467. The Balaban J connectivity index is 1.78. The van der Waals surface area contributed by atoms with Gasteiger partial charge in [-0.15, -0.1) is 0 Å². The molecule has 1 aliphatic carbocycles. The van der Waals surface area contributed by atoms with Crippen molar-refractivity contribution in [2.75, 3.05) is 0 Å². The third-order valence-electron chi connectivity index (χ3n) is 3.76. The van der Waals surface area contributed by atoms with Crippen molar-refractivity contribution >= 4 is 16.8 Å². The molecule has 22 heavy (non-hydrogen) atoms. The van der Waals surface area contributed by atoms with Crippen LogP contribution in [0.15, 0.2) is 16.9 Å². The summed E-state index contributed by atoms with van der Waals surface area (Å²) in [4.78, 5) is 19.9. The maximum Gasteiger partial charge on any atom is 0.258 e. The zero-order chi connectivity index (χ0) is 15.5. The molecular weight excluding hydrogens is 306 g/mol. The van der Waals surface area contributed by atoms with Crippen LogP contribution in [0.4, 0.5) is 0 Å². The topological polar surface area (TPSA) is 78.1 Å². The van der Waals surface area contributed by atoms with E-state index in [4.69, 9.17) is 20.9 Å². The van der Waals surface area contributed by atoms with Gasteiger partial charge in [-0.2, -0.15) is 0 Å². The average molecular weight is 322 g/mol. The molecule has 0 radical (unpaired) electrons. The first kappa shape index (κ1) is 15.0. The number of rotatable bonds is 4. The van der Waals surface area contributed by atoms with Crippen molar-refractivity contribution in [2.45, 2.75) is 45.1 Å². The second-order valence-electron chi connectivity index (χ2n) is 5.36. The number of nitrogens with zero attached hydrogens (tertiary/aromatic N) is 3. The van der Waals surface area contributed by atoms with Crippen molar-refractivity contribution in [1.82, 2.24) is 15.1 Å². The van der Waals surface area contributed by atoms with Crippen LogP contribution in [0.25, 0.3) is 11.5 Å². The Kier molecular flexibility index (Phi) is 4.38. The molecule has 2 heterocycles. The normalized spacial score (nSPS) is 15.7. The molecule has 0 bridgehead atoms. The largest absolute Gasteiger partial charge is 0.473 e. The molecule has 0 aromatic carbocycles. The van der Waals surface area contributed by atoms with Gasteiger partial charge in [-0.1, -0.05) is 11.6 Å². The number of aromatic nitrogens is 3. The zero-order valence-corrected chi connectivity index (χ0v) is 13.0. The molecule has 6 nitrogen and oxygen atoms in total. The molecule has 2 aromatic heterocycles. The first-order chi connectivity index (χ1) is 10.6. The number of aryl methyl sites for hydroxylation is 1. The van der Waals surface area contributed by atoms with Gasteiger partial charge in [-0.05, 0) is 44.2 Å². The minimum atomic E-state index is -0.627. The van der Waals surface area contributed by atoms with E-state index in [0.717, 1.165) is 12.8 Å². The van der Waals surface area contributed by atoms with Crippen molar-refractivity contribution in [3.05, 3.63) is 23.7 Å². The third kappa shape index (κ3) is 3.11. The summed E-state index contributed by atoms with van der Waals surface area (Å²) in [5.74, 6) is 0.708. The maximum atomic E-state index is 11.4. The summed E-state index contributed by atoms with van der Waals surface area (Å²) in [6.07, 6.45) is 8.99. The van der Waals surface area contributed by atoms with E-state index in [1.165, 1.54) is 31.7 Å². The predicted octanol–water partition coefficient (Wildman–Crippen LogP) is 3.53. The third-order valence-corrected chi connectivity index (χ3v) is 3.95. The molecule has 1 fully saturated rings. The van der Waals surface area contributed by atoms with Crippen LogP contribution in [0.3, 0.4) is 0 Å². The minimum absolute atomic E-state index is 0.210. The zero-order valence-electron chi connectivity index (χ0n) is 12.2. The highest BCUT2D eigenvalue weighted by Crippen LogP contribution is 2.27. The van der Waals surface area contributed by atoms with Gasteiger partial charge >= 0.3 is 0 Å². The number of carbonyl (C=O) groups is 1. The fourth-order valence-corrected chi connectivity index (χ4v) is 2.85. The van der Waals surface area contributed by atoms with E-state index in [1.54, 1.807) is 6.92 Å². The molecule has 0 amide bonds. The van der Waals surface area contributed by atoms with Crippen LogP contribution in [0.2, 0.25) is 0 Å². The molecule has 0 unspecified atom stereocenters. The molecule has 1 saturated carbocycles. The Hall–Kier alpha value is -1.95. The van der Waals surface area contributed by atoms with Gasteiger partial charge in [-0.25, -0.2) is 9.97 Å². The van der Waals surface area contributed by atoms with E-state index in [1.807, 2.05) is 0 Å². The van der Waals surface area contributed by atoms with Crippen LogP contribution in [0, 0.1) is 6.92 Å². The Morgan fingerprint density at radius 2 is 2.05 bits per heavy atom. The van der Waals surface area contributed by atoms with Crippen LogP contribution in [0.5, 0.6) is 5.88 Å². The summed E-state index contributed by atoms with van der Waals surface area (Å²) in [5, 5.41) is 3.12. The molecule has 116 valence electrons. The number of carbonyl (C=O) groups excluding carboxylic acids is 1. The van der Waals surface area contributed by atoms with Gasteiger partial charge in [0.1, 0.15) is 17.4 Å². The summed E-state index contributed by atoms with van der Waals surface area (Å²) in [5.41, 5.74) is 1.05. The lowest BCUT2D eigenvalue weighted by atomic mass is 9.98. The van der Waals surface area contributed by atoms with E-state index >= 15 is 0 Å². The van der Waals surface area contributed by atoms with Gasteiger partial charge in [0.15, 0.2) is 5.76 Å². The number of hydrogen-bond donors (Lipinski definition) is 0. The lowest BCUT2D eigenvalue weighted by molar-refractivity contribution is 0.108. The monoisotopic (exact) mass is 321 g/mol. The standard InChI is InChI=1S/C15H16ClN3O3/c1-9-13(15(16)20)14(22-19-9)11-7-18-12(8-17-11)21-10-5-3-2-4-6-10/h7-8,10H,2-6H2,1H3. The van der Waals surface area contributed by atoms with E-state index < -0.39 is 5.24 Å². The minimum Gasteiger partial charge on any atom is -0.473 e. The van der Waals surface area contributed by atoms with Gasteiger partial charge in [0, 0.05) is 0 Å². The van der Waals surface area contributed by atoms with E-state index in [0.29, 0.717) is 17.3 Å². The van der Waals surface area contributed by atoms with E-state index in [-0.39, 0.29) is 17.4 Å². The van der Waals surface area contributed by atoms with Crippen LogP contribution in [-0.4, -0.2) is 26.5 Å². The molecule has 0 N–H and O–H groups in total. The molecule has 0 spiro atoms. The lowest BCUT2D eigenvalue weighted by Gasteiger charge is -2.22. The van der Waals surface area contributed by atoms with E-state index in [2.05, 4.69) is 15.1 Å². The fourth-order valence-electron chi connectivity index (χ4n) is 2.62. The van der Waals surface area contributed by atoms with E-state index in [9.17, 15) is 4.79 Å².